The topological polar surface area (TPSA) is 98.7 Å². The zero-order valence-corrected chi connectivity index (χ0v) is 21.3. The first kappa shape index (κ1) is 29.2. The van der Waals surface area contributed by atoms with Crippen LogP contribution < -0.4 is 14.9 Å². The van der Waals surface area contributed by atoms with Gasteiger partial charge in [0.1, 0.15) is 12.5 Å². The first-order valence-corrected chi connectivity index (χ1v) is 13.6. The summed E-state index contributed by atoms with van der Waals surface area (Å²) < 4.78 is 109. The average molecular weight is 580 g/mol. The molecule has 3 N–H and O–H groups in total. The lowest BCUT2D eigenvalue weighted by molar-refractivity contribution is -0.271. The minimum atomic E-state index is -5.34. The molecule has 4 atom stereocenters. The number of nitrogens with one attached hydrogen (secondary N) is 2. The number of hydrogen-bond donors (Lipinski definition) is 3. The molecule has 0 aromatic heterocycles. The van der Waals surface area contributed by atoms with E-state index in [4.69, 9.17) is 0 Å². The van der Waals surface area contributed by atoms with Gasteiger partial charge in [-0.1, -0.05) is 12.1 Å². The van der Waals surface area contributed by atoms with Crippen molar-refractivity contribution in [3.8, 4) is 0 Å². The highest BCUT2D eigenvalue weighted by Crippen LogP contribution is 2.43. The largest absolute Gasteiger partial charge is 0.424 e. The van der Waals surface area contributed by atoms with Crippen LogP contribution in [-0.2, 0) is 26.8 Å². The minimum Gasteiger partial charge on any atom is -0.374 e. The van der Waals surface area contributed by atoms with Crippen molar-refractivity contribution < 1.29 is 44.7 Å². The van der Waals surface area contributed by atoms with Crippen molar-refractivity contribution in [3.05, 3.63) is 59.4 Å². The molecule has 0 spiro atoms. The summed E-state index contributed by atoms with van der Waals surface area (Å²) in [5.74, 6) is -1.68. The average Bonchev–Trinajstić information content (AvgIpc) is 3.34. The quantitative estimate of drug-likeness (QED) is 0.418. The molecule has 0 bridgehead atoms. The van der Waals surface area contributed by atoms with Gasteiger partial charge in [-0.15, -0.1) is 0 Å². The molecular formula is C25H27F6N3O4S. The number of fused-ring (bicyclic) bond motifs is 1. The number of carbonyl (C=O) groups excluding carboxylic acids is 1. The number of benzene rings is 2. The van der Waals surface area contributed by atoms with Crippen LogP contribution in [0, 0.1) is 11.7 Å². The lowest BCUT2D eigenvalue weighted by Crippen LogP contribution is -2.48. The van der Waals surface area contributed by atoms with E-state index in [1.54, 1.807) is 0 Å². The van der Waals surface area contributed by atoms with Crippen LogP contribution in [0.15, 0.2) is 47.4 Å². The Morgan fingerprint density at radius 1 is 1.10 bits per heavy atom. The van der Waals surface area contributed by atoms with E-state index >= 15 is 0 Å². The summed E-state index contributed by atoms with van der Waals surface area (Å²) in [7, 11) is -4.46. The van der Waals surface area contributed by atoms with Crippen LogP contribution in [0.5, 0.6) is 0 Å². The number of aryl methyl sites for hydroxylation is 1. The van der Waals surface area contributed by atoms with Crippen molar-refractivity contribution in [2.75, 3.05) is 30.7 Å². The molecular weight excluding hydrogens is 552 g/mol. The molecule has 1 amide bonds. The second kappa shape index (κ2) is 11.0. The molecule has 1 fully saturated rings. The van der Waals surface area contributed by atoms with Gasteiger partial charge < -0.3 is 15.7 Å². The van der Waals surface area contributed by atoms with Gasteiger partial charge >= 0.3 is 6.18 Å². The number of alkyl halides is 5. The predicted octanol–water partition coefficient (Wildman–Crippen LogP) is 3.12. The van der Waals surface area contributed by atoms with Crippen molar-refractivity contribution in [1.82, 2.24) is 10.6 Å². The van der Waals surface area contributed by atoms with Crippen LogP contribution in [0.2, 0.25) is 0 Å². The Labute approximate surface area is 221 Å². The zero-order valence-electron chi connectivity index (χ0n) is 20.5. The van der Waals surface area contributed by atoms with Gasteiger partial charge in [-0.2, -0.15) is 13.2 Å². The van der Waals surface area contributed by atoms with Gasteiger partial charge in [0.15, 0.2) is 0 Å². The molecule has 4 rings (SSSR count). The lowest BCUT2D eigenvalue weighted by atomic mass is 9.88. The monoisotopic (exact) mass is 579 g/mol. The SMILES string of the molecule is O=C(C[C@@H]1CCc2cc(C(O)(CF)C(F)(F)F)ccc2N1S(=O)(=O)c1ccc(F)cc1)N[C@@H]1CNC[C@H]1CF. The van der Waals surface area contributed by atoms with E-state index in [0.29, 0.717) is 13.1 Å². The Morgan fingerprint density at radius 3 is 2.41 bits per heavy atom. The first-order chi connectivity index (χ1) is 18.3. The molecule has 214 valence electrons. The van der Waals surface area contributed by atoms with Gasteiger partial charge in [0, 0.05) is 31.5 Å². The molecule has 14 heteroatoms. The molecule has 39 heavy (non-hydrogen) atoms. The van der Waals surface area contributed by atoms with Gasteiger partial charge in [-0.3, -0.25) is 13.5 Å². The van der Waals surface area contributed by atoms with Crippen LogP contribution >= 0.6 is 0 Å². The van der Waals surface area contributed by atoms with E-state index in [0.717, 1.165) is 46.8 Å². The van der Waals surface area contributed by atoms with Crippen LogP contribution in [0.25, 0.3) is 0 Å². The van der Waals surface area contributed by atoms with E-state index in [2.05, 4.69) is 10.6 Å². The van der Waals surface area contributed by atoms with Crippen LogP contribution in [0.1, 0.15) is 24.0 Å². The molecule has 0 saturated carbocycles. The minimum absolute atomic E-state index is 0.000173. The van der Waals surface area contributed by atoms with Gasteiger partial charge in [-0.05, 0) is 54.3 Å². The molecule has 2 heterocycles. The van der Waals surface area contributed by atoms with Gasteiger partial charge in [-0.25, -0.2) is 17.2 Å². The van der Waals surface area contributed by atoms with Gasteiger partial charge in [0.25, 0.3) is 10.0 Å². The third-order valence-electron chi connectivity index (χ3n) is 7.21. The van der Waals surface area contributed by atoms with E-state index in [1.165, 1.54) is 0 Å². The summed E-state index contributed by atoms with van der Waals surface area (Å²) in [5.41, 5.74) is -4.55. The molecule has 2 aromatic rings. The normalized spacial score (nSPS) is 23.3. The fraction of sp³-hybridized carbons (Fsp3) is 0.480. The van der Waals surface area contributed by atoms with Gasteiger partial charge in [0.2, 0.25) is 11.5 Å². The fourth-order valence-corrected chi connectivity index (χ4v) is 6.70. The number of hydrogen-bond acceptors (Lipinski definition) is 5. The Kier molecular flexibility index (Phi) is 8.20. The molecule has 2 aliphatic rings. The summed E-state index contributed by atoms with van der Waals surface area (Å²) >= 11 is 0. The number of amides is 1. The zero-order chi connectivity index (χ0) is 28.6. The van der Waals surface area contributed by atoms with Crippen molar-refractivity contribution >= 4 is 21.6 Å². The van der Waals surface area contributed by atoms with Crippen LogP contribution in [-0.4, -0.2) is 64.1 Å². The van der Waals surface area contributed by atoms with Crippen LogP contribution in [0.4, 0.5) is 32.0 Å². The van der Waals surface area contributed by atoms with Crippen molar-refractivity contribution in [3.63, 3.8) is 0 Å². The smallest absolute Gasteiger partial charge is 0.374 e. The maximum atomic E-state index is 13.7. The van der Waals surface area contributed by atoms with Crippen molar-refractivity contribution in [2.24, 2.45) is 5.92 Å². The Bertz CT molecular complexity index is 1310. The summed E-state index contributed by atoms with van der Waals surface area (Å²) in [6, 6.07) is 5.14. The van der Waals surface area contributed by atoms with Gasteiger partial charge in [0.05, 0.1) is 23.3 Å². The highest BCUT2D eigenvalue weighted by molar-refractivity contribution is 7.92. The Hall–Kier alpha value is -2.84. The number of carbonyl (C=O) groups is 1. The number of rotatable bonds is 8. The molecule has 1 unspecified atom stereocenters. The highest BCUT2D eigenvalue weighted by atomic mass is 32.2. The highest BCUT2D eigenvalue weighted by Gasteiger charge is 2.55. The third kappa shape index (κ3) is 5.59. The number of aliphatic hydroxyl groups is 1. The van der Waals surface area contributed by atoms with E-state index in [1.807, 2.05) is 0 Å². The number of anilines is 1. The summed E-state index contributed by atoms with van der Waals surface area (Å²) in [6.07, 6.45) is -5.65. The Morgan fingerprint density at radius 2 is 1.79 bits per heavy atom. The second-order valence-electron chi connectivity index (χ2n) is 9.73. The standard InChI is InChI=1S/C25H27F6N3O4S/c26-11-16-12-32-13-21(16)33-23(35)10-19-5-1-15-9-17(24(36,14-27)25(29,30)31)2-8-22(15)34(19)39(37,38)20-6-3-18(28)4-7-20/h2-4,6-9,16,19,21,32,36H,1,5,10-14H2,(H,33,35)/t16-,19+,21-,24?/m1/s1. The van der Waals surface area contributed by atoms with E-state index in [-0.39, 0.29) is 35.4 Å². The first-order valence-electron chi connectivity index (χ1n) is 12.2. The maximum Gasteiger partial charge on any atom is 0.424 e. The van der Waals surface area contributed by atoms with Crippen molar-refractivity contribution in [2.45, 2.75) is 48.0 Å². The third-order valence-corrected chi connectivity index (χ3v) is 9.09. The van der Waals surface area contributed by atoms with Crippen molar-refractivity contribution in [1.29, 1.82) is 0 Å². The summed E-state index contributed by atoms with van der Waals surface area (Å²) in [5, 5.41) is 15.7. The molecule has 2 aromatic carbocycles. The predicted molar refractivity (Wildman–Crippen MR) is 129 cm³/mol. The Balaban J connectivity index is 1.72. The fourth-order valence-electron chi connectivity index (χ4n) is 4.99. The molecule has 0 radical (unpaired) electrons. The summed E-state index contributed by atoms with van der Waals surface area (Å²) in [6.45, 7) is -2.10. The molecule has 0 aliphatic carbocycles. The maximum absolute atomic E-state index is 13.7. The lowest BCUT2D eigenvalue weighted by Gasteiger charge is -2.39. The van der Waals surface area contributed by atoms with Crippen LogP contribution in [0.3, 0.4) is 0 Å². The summed E-state index contributed by atoms with van der Waals surface area (Å²) in [4.78, 5) is 12.6. The van der Waals surface area contributed by atoms with E-state index in [9.17, 15) is 44.7 Å². The number of nitrogens with zero attached hydrogens (tertiary/aromatic N) is 1. The molecule has 2 aliphatic heterocycles. The molecule has 7 nitrogen and oxygen atoms in total. The molecule has 1 saturated heterocycles. The van der Waals surface area contributed by atoms with E-state index < -0.39 is 70.4 Å². The second-order valence-corrected chi connectivity index (χ2v) is 11.5. The number of sulfonamides is 1. The number of halogens is 6.